The maximum Gasteiger partial charge on any atom is 0.410 e. The molecule has 2 saturated heterocycles. The van der Waals surface area contributed by atoms with Crippen LogP contribution in [0.3, 0.4) is 0 Å². The van der Waals surface area contributed by atoms with E-state index in [1.165, 1.54) is 0 Å². The van der Waals surface area contributed by atoms with Gasteiger partial charge in [0.2, 0.25) is 6.41 Å². The fourth-order valence-corrected chi connectivity index (χ4v) is 6.79. The second-order valence-corrected chi connectivity index (χ2v) is 11.1. The van der Waals surface area contributed by atoms with Crippen LogP contribution < -0.4 is 5.32 Å². The molecule has 2 fully saturated rings. The number of fused-ring (bicyclic) bond motifs is 1. The molecule has 3 aliphatic heterocycles. The molecule has 11 heteroatoms. The van der Waals surface area contributed by atoms with E-state index >= 15 is 0 Å². The number of hydrogen-bond donors (Lipinski definition) is 1. The minimum absolute atomic E-state index is 0.100. The molecule has 3 aliphatic rings. The van der Waals surface area contributed by atoms with E-state index in [-0.39, 0.29) is 23.6 Å². The monoisotopic (exact) mass is 551 g/mol. The van der Waals surface area contributed by atoms with Gasteiger partial charge in [-0.1, -0.05) is 60.7 Å². The van der Waals surface area contributed by atoms with Crippen molar-refractivity contribution in [2.45, 2.75) is 36.8 Å². The molecule has 2 aromatic carbocycles. The van der Waals surface area contributed by atoms with Crippen LogP contribution in [0.5, 0.6) is 0 Å². The van der Waals surface area contributed by atoms with Gasteiger partial charge in [0.25, 0.3) is 5.91 Å². The van der Waals surface area contributed by atoms with Crippen molar-refractivity contribution in [3.8, 4) is 0 Å². The third kappa shape index (κ3) is 5.44. The summed E-state index contributed by atoms with van der Waals surface area (Å²) in [6.07, 6.45) is 1.88. The number of amides is 3. The highest BCUT2D eigenvalue weighted by atomic mass is 32.2. The first-order valence-electron chi connectivity index (χ1n) is 12.8. The van der Waals surface area contributed by atoms with Crippen LogP contribution in [-0.4, -0.2) is 75.3 Å². The number of piperidine rings is 1. The van der Waals surface area contributed by atoms with Crippen LogP contribution in [0.25, 0.3) is 0 Å². The van der Waals surface area contributed by atoms with Gasteiger partial charge in [-0.2, -0.15) is 0 Å². The zero-order valence-electron chi connectivity index (χ0n) is 21.2. The van der Waals surface area contributed by atoms with Crippen LogP contribution in [0, 0.1) is 0 Å². The number of esters is 1. The van der Waals surface area contributed by atoms with Crippen LogP contribution in [0.1, 0.15) is 36.5 Å². The number of nitrogens with one attached hydrogen (secondary N) is 1. The smallest absolute Gasteiger partial charge is 0.410 e. The summed E-state index contributed by atoms with van der Waals surface area (Å²) in [6, 6.07) is 17.3. The molecule has 1 N–H and O–H groups in total. The lowest BCUT2D eigenvalue weighted by Gasteiger charge is -2.49. The predicted octanol–water partition coefficient (Wildman–Crippen LogP) is 2.24. The van der Waals surface area contributed by atoms with Gasteiger partial charge in [-0.15, -0.1) is 0 Å². The van der Waals surface area contributed by atoms with Crippen molar-refractivity contribution in [1.82, 2.24) is 15.1 Å². The molecular formula is C28H29N3O7S. The Bertz CT molecular complexity index is 1260. The minimum atomic E-state index is -1.64. The van der Waals surface area contributed by atoms with E-state index in [9.17, 15) is 23.4 Å². The van der Waals surface area contributed by atoms with Crippen molar-refractivity contribution in [2.75, 3.05) is 25.4 Å². The lowest BCUT2D eigenvalue weighted by molar-refractivity contribution is -0.154. The number of likely N-dealkylation sites (tertiary alicyclic amines) is 1. The number of β-lactam (4-membered cyclic amide) rings is 1. The molecule has 3 heterocycles. The first kappa shape index (κ1) is 26.6. The average Bonchev–Trinajstić information content (AvgIpc) is 2.98. The summed E-state index contributed by atoms with van der Waals surface area (Å²) in [4.78, 5) is 53.3. The predicted molar refractivity (Wildman–Crippen MR) is 141 cm³/mol. The number of rotatable bonds is 8. The molecule has 0 spiro atoms. The molecule has 3 atom stereocenters. The van der Waals surface area contributed by atoms with Crippen molar-refractivity contribution in [1.29, 1.82) is 0 Å². The van der Waals surface area contributed by atoms with Crippen LogP contribution >= 0.6 is 0 Å². The zero-order valence-corrected chi connectivity index (χ0v) is 22.0. The molecule has 3 amide bonds. The van der Waals surface area contributed by atoms with E-state index in [4.69, 9.17) is 9.47 Å². The normalized spacial score (nSPS) is 22.6. The minimum Gasteiger partial charge on any atom is -0.448 e. The van der Waals surface area contributed by atoms with E-state index in [1.807, 2.05) is 60.7 Å². The Morgan fingerprint density at radius 1 is 1.00 bits per heavy atom. The third-order valence-electron chi connectivity index (χ3n) is 7.06. The number of benzene rings is 2. The quantitative estimate of drug-likeness (QED) is 0.303. The van der Waals surface area contributed by atoms with E-state index in [1.54, 1.807) is 4.90 Å². The molecule has 39 heavy (non-hydrogen) atoms. The fourth-order valence-electron chi connectivity index (χ4n) is 5.11. The molecule has 0 saturated carbocycles. The van der Waals surface area contributed by atoms with Gasteiger partial charge in [-0.3, -0.25) is 18.7 Å². The number of nitrogens with zero attached hydrogens (tertiary/aromatic N) is 2. The number of hydrogen-bond acceptors (Lipinski definition) is 7. The molecule has 5 rings (SSSR count). The molecule has 0 radical (unpaired) electrons. The molecule has 1 unspecified atom stereocenters. The summed E-state index contributed by atoms with van der Waals surface area (Å²) in [5.41, 5.74) is 1.58. The van der Waals surface area contributed by atoms with Crippen molar-refractivity contribution in [2.24, 2.45) is 0 Å². The molecule has 0 aromatic heterocycles. The standard InChI is InChI=1S/C28H29N3O7S/c32-18-29-22-25(33)31-23(21(17-39(36)26(22)31)16-37-28(35)30-14-8-3-9-15-30)27(34)38-24(19-10-4-1-5-11-19)20-12-6-2-7-13-20/h1-2,4-7,10-13,18,22,24,26H,3,8-9,14-17H2,(H,29,32)/t22-,26-,39?/m1/s1. The van der Waals surface area contributed by atoms with Crippen LogP contribution in [0.4, 0.5) is 4.79 Å². The first-order chi connectivity index (χ1) is 19.0. The summed E-state index contributed by atoms with van der Waals surface area (Å²) >= 11 is 0. The first-order valence-corrected chi connectivity index (χ1v) is 14.2. The van der Waals surface area contributed by atoms with Crippen LogP contribution in [0.15, 0.2) is 71.9 Å². The van der Waals surface area contributed by atoms with Gasteiger partial charge in [-0.05, 0) is 30.4 Å². The maximum atomic E-state index is 13.8. The zero-order chi connectivity index (χ0) is 27.4. The van der Waals surface area contributed by atoms with Crippen LogP contribution in [0.2, 0.25) is 0 Å². The Hall–Kier alpha value is -3.99. The largest absolute Gasteiger partial charge is 0.448 e. The van der Waals surface area contributed by atoms with Gasteiger partial charge in [0.1, 0.15) is 23.7 Å². The molecule has 2 aromatic rings. The number of ether oxygens (including phenoxy) is 2. The summed E-state index contributed by atoms with van der Waals surface area (Å²) in [6.45, 7) is 0.857. The second kappa shape index (κ2) is 11.8. The second-order valence-electron chi connectivity index (χ2n) is 9.55. The van der Waals surface area contributed by atoms with Gasteiger partial charge in [0.05, 0.1) is 16.6 Å². The van der Waals surface area contributed by atoms with Gasteiger partial charge in [0.15, 0.2) is 6.10 Å². The van der Waals surface area contributed by atoms with Crippen molar-refractivity contribution in [3.05, 3.63) is 83.1 Å². The summed E-state index contributed by atoms with van der Waals surface area (Å²) in [5, 5.41) is 1.47. The summed E-state index contributed by atoms with van der Waals surface area (Å²) in [5.74, 6) is -1.50. The summed E-state index contributed by atoms with van der Waals surface area (Å²) in [7, 11) is -1.64. The Morgan fingerprint density at radius 3 is 2.21 bits per heavy atom. The lowest BCUT2D eigenvalue weighted by atomic mass is 10.0. The Labute approximate surface area is 228 Å². The highest BCUT2D eigenvalue weighted by Gasteiger charge is 2.57. The van der Waals surface area contributed by atoms with Gasteiger partial charge >= 0.3 is 12.1 Å². The van der Waals surface area contributed by atoms with E-state index < -0.39 is 46.3 Å². The molecule has 0 bridgehead atoms. The van der Waals surface area contributed by atoms with E-state index in [0.29, 0.717) is 19.5 Å². The topological polar surface area (TPSA) is 122 Å². The van der Waals surface area contributed by atoms with Gasteiger partial charge in [-0.25, -0.2) is 9.59 Å². The third-order valence-corrected chi connectivity index (χ3v) is 8.71. The summed E-state index contributed by atoms with van der Waals surface area (Å²) < 4.78 is 24.6. The van der Waals surface area contributed by atoms with Crippen molar-refractivity contribution in [3.63, 3.8) is 0 Å². The lowest BCUT2D eigenvalue weighted by Crippen LogP contribution is -2.73. The fraction of sp³-hybridized carbons (Fsp3) is 0.357. The molecule has 0 aliphatic carbocycles. The van der Waals surface area contributed by atoms with Crippen molar-refractivity contribution >= 4 is 35.2 Å². The SMILES string of the molecule is O=CN[C@@H]1C(=O)N2C(C(=O)OC(c3ccccc3)c3ccccc3)=C(COC(=O)N3CCCCC3)CS(=O)[C@H]12. The van der Waals surface area contributed by atoms with Gasteiger partial charge in [0, 0.05) is 18.7 Å². The Morgan fingerprint density at radius 2 is 1.62 bits per heavy atom. The molecular weight excluding hydrogens is 522 g/mol. The van der Waals surface area contributed by atoms with Gasteiger partial charge < -0.3 is 19.7 Å². The molecule has 10 nitrogen and oxygen atoms in total. The number of carbonyl (C=O) groups is 4. The Kier molecular flexibility index (Phi) is 8.06. The van der Waals surface area contributed by atoms with E-state index in [0.717, 1.165) is 35.3 Å². The number of carbonyl (C=O) groups excluding carboxylic acids is 4. The average molecular weight is 552 g/mol. The highest BCUT2D eigenvalue weighted by molar-refractivity contribution is 7.86. The molecule has 204 valence electrons. The van der Waals surface area contributed by atoms with E-state index in [2.05, 4.69) is 5.32 Å². The van der Waals surface area contributed by atoms with Crippen molar-refractivity contribution < 1.29 is 32.9 Å². The maximum absolute atomic E-state index is 13.8. The van der Waals surface area contributed by atoms with Crippen LogP contribution in [-0.2, 0) is 34.7 Å². The Balaban J connectivity index is 1.46. The highest BCUT2D eigenvalue weighted by Crippen LogP contribution is 2.37.